The molecule has 0 saturated carbocycles. The number of aryl methyl sites for hydroxylation is 4. The Kier molecular flexibility index (Phi) is 12.9. The number of hydrogen-bond acceptors (Lipinski definition) is 6. The van der Waals surface area contributed by atoms with Gasteiger partial charge in [0.2, 0.25) is 0 Å². The standard InChI is InChI=1S/2C16H16O4.Zn/c2*1-11-7-3-5-9-13(11)19-16(15(17)18)20-14-10-6-4-8-12(14)2;/h2*3-10,16H,1-2H3,(H,17,18);. The molecule has 4 rings (SSSR count). The van der Waals surface area contributed by atoms with Crippen LogP contribution in [0.3, 0.4) is 0 Å². The van der Waals surface area contributed by atoms with Crippen LogP contribution >= 0.6 is 0 Å². The molecule has 0 aliphatic rings. The summed E-state index contributed by atoms with van der Waals surface area (Å²) in [5.41, 5.74) is 3.42. The molecular weight excluding hydrogens is 578 g/mol. The second kappa shape index (κ2) is 16.0. The molecule has 0 heterocycles. The van der Waals surface area contributed by atoms with Gasteiger partial charge in [0.1, 0.15) is 23.0 Å². The minimum absolute atomic E-state index is 0. The van der Waals surface area contributed by atoms with E-state index >= 15 is 0 Å². The molecule has 0 aliphatic heterocycles. The summed E-state index contributed by atoms with van der Waals surface area (Å²) in [4.78, 5) is 22.6. The maximum absolute atomic E-state index is 11.3. The number of carboxylic acids is 2. The number of carboxylic acid groups (broad SMARTS) is 2. The van der Waals surface area contributed by atoms with Crippen molar-refractivity contribution in [2.24, 2.45) is 0 Å². The van der Waals surface area contributed by atoms with E-state index in [2.05, 4.69) is 0 Å². The average Bonchev–Trinajstić information content (AvgIpc) is 2.92. The fourth-order valence-electron chi connectivity index (χ4n) is 3.47. The number of ether oxygens (including phenoxy) is 4. The van der Waals surface area contributed by atoms with Crippen molar-refractivity contribution in [2.45, 2.75) is 40.3 Å². The van der Waals surface area contributed by atoms with E-state index in [0.717, 1.165) is 22.3 Å². The van der Waals surface area contributed by atoms with Gasteiger partial charge in [0.25, 0.3) is 0 Å². The largest absolute Gasteiger partial charge is 0.476 e. The molecular formula is C32H32O8Zn. The van der Waals surface area contributed by atoms with Crippen molar-refractivity contribution in [1.29, 1.82) is 0 Å². The molecule has 0 unspecified atom stereocenters. The summed E-state index contributed by atoms with van der Waals surface area (Å²) >= 11 is 0. The Morgan fingerprint density at radius 3 is 0.829 bits per heavy atom. The summed E-state index contributed by atoms with van der Waals surface area (Å²) in [6.07, 6.45) is -2.76. The molecule has 0 amide bonds. The van der Waals surface area contributed by atoms with Crippen LogP contribution in [0.15, 0.2) is 97.1 Å². The van der Waals surface area contributed by atoms with Crippen LogP contribution < -0.4 is 18.9 Å². The molecule has 4 aromatic carbocycles. The molecule has 0 spiro atoms. The first kappa shape index (κ1) is 32.9. The van der Waals surface area contributed by atoms with E-state index in [1.165, 1.54) is 0 Å². The van der Waals surface area contributed by atoms with Gasteiger partial charge in [-0.15, -0.1) is 0 Å². The minimum atomic E-state index is -1.38. The fraction of sp³-hybridized carbons (Fsp3) is 0.188. The first-order valence-electron chi connectivity index (χ1n) is 12.5. The maximum atomic E-state index is 11.3. The van der Waals surface area contributed by atoms with Crippen LogP contribution in [0.4, 0.5) is 0 Å². The smallest absolute Gasteiger partial charge is 0.387 e. The normalized spacial score (nSPS) is 10.1. The van der Waals surface area contributed by atoms with Gasteiger partial charge < -0.3 is 29.2 Å². The van der Waals surface area contributed by atoms with Crippen molar-refractivity contribution in [3.05, 3.63) is 119 Å². The average molecular weight is 610 g/mol. The second-order valence-corrected chi connectivity index (χ2v) is 8.87. The van der Waals surface area contributed by atoms with Gasteiger partial charge in [0.05, 0.1) is 0 Å². The molecule has 0 radical (unpaired) electrons. The molecule has 0 aliphatic carbocycles. The van der Waals surface area contributed by atoms with Gasteiger partial charge in [-0.05, 0) is 74.2 Å². The van der Waals surface area contributed by atoms with Crippen LogP contribution in [0.1, 0.15) is 22.3 Å². The van der Waals surface area contributed by atoms with E-state index in [0.29, 0.717) is 23.0 Å². The quantitative estimate of drug-likeness (QED) is 0.158. The van der Waals surface area contributed by atoms with Crippen molar-refractivity contribution in [2.75, 3.05) is 0 Å². The molecule has 41 heavy (non-hydrogen) atoms. The molecule has 0 fully saturated rings. The third kappa shape index (κ3) is 9.96. The molecule has 8 nitrogen and oxygen atoms in total. The van der Waals surface area contributed by atoms with Crippen molar-refractivity contribution in [3.8, 4) is 23.0 Å². The van der Waals surface area contributed by atoms with Crippen molar-refractivity contribution in [3.63, 3.8) is 0 Å². The summed E-state index contributed by atoms with van der Waals surface area (Å²) < 4.78 is 21.8. The van der Waals surface area contributed by atoms with Gasteiger partial charge in [-0.3, -0.25) is 0 Å². The predicted octanol–water partition coefficient (Wildman–Crippen LogP) is 6.34. The van der Waals surface area contributed by atoms with Gasteiger partial charge in [-0.2, -0.15) is 0 Å². The zero-order chi connectivity index (χ0) is 29.1. The van der Waals surface area contributed by atoms with Crippen LogP contribution in [0.2, 0.25) is 0 Å². The number of aliphatic carboxylic acids is 2. The summed E-state index contributed by atoms with van der Waals surface area (Å²) in [5.74, 6) is -0.364. The van der Waals surface area contributed by atoms with Crippen LogP contribution in [0.25, 0.3) is 0 Å². The predicted molar refractivity (Wildman–Crippen MR) is 150 cm³/mol. The molecule has 0 saturated heterocycles. The van der Waals surface area contributed by atoms with Gasteiger partial charge in [0.15, 0.2) is 0 Å². The molecule has 4 aromatic rings. The van der Waals surface area contributed by atoms with Crippen LogP contribution in [0.5, 0.6) is 23.0 Å². The zero-order valence-electron chi connectivity index (χ0n) is 23.4. The van der Waals surface area contributed by atoms with Crippen LogP contribution in [-0.2, 0) is 29.1 Å². The van der Waals surface area contributed by atoms with Gasteiger partial charge >= 0.3 is 24.5 Å². The second-order valence-electron chi connectivity index (χ2n) is 8.87. The molecule has 9 heteroatoms. The SMILES string of the molecule is Cc1ccccc1OC(Oc1ccccc1C)C(=O)O.Cc1ccccc1OC(Oc1ccccc1C)C(=O)O.[Zn]. The van der Waals surface area contributed by atoms with Crippen LogP contribution in [0, 0.1) is 27.7 Å². The molecule has 0 bridgehead atoms. The van der Waals surface area contributed by atoms with Gasteiger partial charge in [-0.1, -0.05) is 72.8 Å². The third-order valence-corrected chi connectivity index (χ3v) is 5.71. The van der Waals surface area contributed by atoms with Crippen molar-refractivity contribution >= 4 is 11.9 Å². The summed E-state index contributed by atoms with van der Waals surface area (Å²) in [6.45, 7) is 7.40. The number of carbonyl (C=O) groups is 2. The van der Waals surface area contributed by atoms with E-state index in [1.54, 1.807) is 48.5 Å². The molecule has 210 valence electrons. The Hall–Kier alpha value is -4.36. The van der Waals surface area contributed by atoms with Crippen LogP contribution in [-0.4, -0.2) is 34.7 Å². The minimum Gasteiger partial charge on any atom is -0.476 e. The first-order valence-corrected chi connectivity index (χ1v) is 12.5. The Bertz CT molecular complexity index is 1230. The summed E-state index contributed by atoms with van der Waals surface area (Å²) in [7, 11) is 0. The zero-order valence-corrected chi connectivity index (χ0v) is 26.4. The van der Waals surface area contributed by atoms with E-state index in [1.807, 2.05) is 76.2 Å². The number of benzene rings is 4. The Morgan fingerprint density at radius 2 is 0.659 bits per heavy atom. The number of rotatable bonds is 10. The number of hydrogen-bond donors (Lipinski definition) is 2. The number of para-hydroxylation sites is 4. The Balaban J connectivity index is 0.000000280. The molecule has 0 aromatic heterocycles. The van der Waals surface area contributed by atoms with E-state index in [4.69, 9.17) is 18.9 Å². The third-order valence-electron chi connectivity index (χ3n) is 5.71. The van der Waals surface area contributed by atoms with E-state index in [-0.39, 0.29) is 19.5 Å². The Labute approximate surface area is 252 Å². The topological polar surface area (TPSA) is 112 Å². The summed E-state index contributed by atoms with van der Waals surface area (Å²) in [5, 5.41) is 18.5. The maximum Gasteiger partial charge on any atom is 0.387 e. The van der Waals surface area contributed by atoms with Crippen molar-refractivity contribution < 1.29 is 58.2 Å². The van der Waals surface area contributed by atoms with E-state index < -0.39 is 24.5 Å². The van der Waals surface area contributed by atoms with Crippen molar-refractivity contribution in [1.82, 2.24) is 0 Å². The molecule has 0 atom stereocenters. The van der Waals surface area contributed by atoms with Gasteiger partial charge in [0, 0.05) is 19.5 Å². The monoisotopic (exact) mass is 608 g/mol. The first-order chi connectivity index (χ1) is 19.2. The Morgan fingerprint density at radius 1 is 0.463 bits per heavy atom. The molecule has 2 N–H and O–H groups in total. The van der Waals surface area contributed by atoms with Gasteiger partial charge in [-0.25, -0.2) is 9.59 Å². The van der Waals surface area contributed by atoms with E-state index in [9.17, 15) is 19.8 Å². The summed E-state index contributed by atoms with van der Waals surface area (Å²) in [6, 6.07) is 28.8. The fourth-order valence-corrected chi connectivity index (χ4v) is 3.47.